The van der Waals surface area contributed by atoms with E-state index in [-0.39, 0.29) is 11.8 Å². The second-order valence-electron chi connectivity index (χ2n) is 7.74. The lowest BCUT2D eigenvalue weighted by atomic mass is 9.64. The molecule has 1 unspecified atom stereocenters. The van der Waals surface area contributed by atoms with Gasteiger partial charge in [-0.2, -0.15) is 0 Å². The minimum absolute atomic E-state index is 0.212. The van der Waals surface area contributed by atoms with Crippen molar-refractivity contribution in [1.29, 1.82) is 0 Å². The first-order chi connectivity index (χ1) is 13.1. The van der Waals surface area contributed by atoms with Crippen molar-refractivity contribution in [2.24, 2.45) is 11.8 Å². The fourth-order valence-corrected chi connectivity index (χ4v) is 4.91. The molecule has 4 rings (SSSR count). The van der Waals surface area contributed by atoms with E-state index in [1.165, 1.54) is 6.42 Å². The average molecular weight is 368 g/mol. The van der Waals surface area contributed by atoms with Crippen LogP contribution in [0.1, 0.15) is 30.5 Å². The van der Waals surface area contributed by atoms with E-state index < -0.39 is 5.60 Å². The highest BCUT2D eigenvalue weighted by Crippen LogP contribution is 2.48. The van der Waals surface area contributed by atoms with E-state index in [4.69, 9.17) is 9.47 Å². The molecule has 2 bridgehead atoms. The number of aliphatic hydroxyl groups is 1. The van der Waals surface area contributed by atoms with E-state index in [0.717, 1.165) is 55.2 Å². The Morgan fingerprint density at radius 2 is 1.89 bits per heavy atom. The molecule has 2 aromatic rings. The van der Waals surface area contributed by atoms with E-state index in [1.54, 1.807) is 20.4 Å². The zero-order chi connectivity index (χ0) is 18.9. The second-order valence-corrected chi connectivity index (χ2v) is 7.74. The lowest BCUT2D eigenvalue weighted by Gasteiger charge is -2.52. The molecule has 2 aliphatic rings. The normalized spacial score (nSPS) is 28.0. The van der Waals surface area contributed by atoms with Crippen LogP contribution in [0.5, 0.6) is 11.5 Å². The number of aromatic nitrogens is 1. The van der Waals surface area contributed by atoms with Crippen LogP contribution in [0.4, 0.5) is 0 Å². The summed E-state index contributed by atoms with van der Waals surface area (Å²) in [4.78, 5) is 6.96. The molecule has 0 amide bonds. The largest absolute Gasteiger partial charge is 0.497 e. The maximum atomic E-state index is 11.6. The number of ether oxygens (including phenoxy) is 2. The minimum atomic E-state index is -0.806. The molecule has 27 heavy (non-hydrogen) atoms. The van der Waals surface area contributed by atoms with E-state index in [9.17, 15) is 5.11 Å². The van der Waals surface area contributed by atoms with Crippen LogP contribution in [0, 0.1) is 11.8 Å². The summed E-state index contributed by atoms with van der Waals surface area (Å²) >= 11 is 0. The highest BCUT2D eigenvalue weighted by Gasteiger charge is 2.52. The Labute approximate surface area is 160 Å². The Bertz CT molecular complexity index is 766. The van der Waals surface area contributed by atoms with Crippen molar-refractivity contribution in [2.45, 2.75) is 31.4 Å². The second kappa shape index (κ2) is 7.49. The third-order valence-corrected chi connectivity index (χ3v) is 6.27. The first-order valence-electron chi connectivity index (χ1n) is 9.72. The summed E-state index contributed by atoms with van der Waals surface area (Å²) in [6.45, 7) is 2.57. The fraction of sp³-hybridized carbons (Fsp3) is 0.500. The van der Waals surface area contributed by atoms with Gasteiger partial charge in [-0.1, -0.05) is 18.6 Å². The number of benzene rings is 1. The van der Waals surface area contributed by atoms with Crippen LogP contribution in [0.15, 0.2) is 42.6 Å². The number of methoxy groups -OCH3 is 2. The Morgan fingerprint density at radius 3 is 2.52 bits per heavy atom. The van der Waals surface area contributed by atoms with Gasteiger partial charge in [-0.15, -0.1) is 0 Å². The predicted molar refractivity (Wildman–Crippen MR) is 104 cm³/mol. The van der Waals surface area contributed by atoms with Crippen molar-refractivity contribution in [2.75, 3.05) is 27.3 Å². The van der Waals surface area contributed by atoms with Gasteiger partial charge in [0.25, 0.3) is 0 Å². The Hall–Kier alpha value is -2.11. The number of piperidine rings is 1. The van der Waals surface area contributed by atoms with Crippen LogP contribution >= 0.6 is 0 Å². The molecule has 1 aliphatic carbocycles. The lowest BCUT2D eigenvalue weighted by molar-refractivity contribution is -0.151. The van der Waals surface area contributed by atoms with Crippen molar-refractivity contribution in [1.82, 2.24) is 9.88 Å². The van der Waals surface area contributed by atoms with Gasteiger partial charge in [0.1, 0.15) is 17.1 Å². The van der Waals surface area contributed by atoms with Crippen LogP contribution in [0.3, 0.4) is 0 Å². The maximum Gasteiger partial charge on any atom is 0.127 e. The van der Waals surface area contributed by atoms with Crippen LogP contribution < -0.4 is 9.47 Å². The van der Waals surface area contributed by atoms with Crippen molar-refractivity contribution < 1.29 is 14.6 Å². The molecular weight excluding hydrogens is 340 g/mol. The first-order valence-corrected chi connectivity index (χ1v) is 9.72. The third-order valence-electron chi connectivity index (χ3n) is 6.27. The molecule has 1 aromatic heterocycles. The fourth-order valence-electron chi connectivity index (χ4n) is 4.91. The molecule has 1 aliphatic heterocycles. The Morgan fingerprint density at radius 1 is 1.11 bits per heavy atom. The third kappa shape index (κ3) is 3.30. The summed E-state index contributed by atoms with van der Waals surface area (Å²) in [6.07, 6.45) is 5.06. The number of pyridine rings is 1. The number of fused-ring (bicyclic) bond motifs is 2. The van der Waals surface area contributed by atoms with Gasteiger partial charge in [-0.25, -0.2) is 0 Å². The molecular formula is C22H28N2O3. The smallest absolute Gasteiger partial charge is 0.127 e. The monoisotopic (exact) mass is 368 g/mol. The van der Waals surface area contributed by atoms with E-state index in [1.807, 2.05) is 30.3 Å². The summed E-state index contributed by atoms with van der Waals surface area (Å²) in [5.41, 5.74) is 1.18. The van der Waals surface area contributed by atoms with Gasteiger partial charge in [0.15, 0.2) is 0 Å². The van der Waals surface area contributed by atoms with Gasteiger partial charge in [0, 0.05) is 49.3 Å². The number of likely N-dealkylation sites (tertiary alicyclic amines) is 1. The molecule has 1 saturated heterocycles. The molecule has 3 atom stereocenters. The highest BCUT2D eigenvalue weighted by molar-refractivity contribution is 5.40. The summed E-state index contributed by atoms with van der Waals surface area (Å²) in [5, 5.41) is 11.6. The van der Waals surface area contributed by atoms with Crippen molar-refractivity contribution in [3.63, 3.8) is 0 Å². The SMILES string of the molecule is COc1ccc(CN2C[C@H]3CCC[C@@H](C2)C3(O)c2ccccn2)c(OC)c1. The van der Waals surface area contributed by atoms with Crippen molar-refractivity contribution in [3.05, 3.63) is 53.9 Å². The molecule has 0 spiro atoms. The summed E-state index contributed by atoms with van der Waals surface area (Å²) in [7, 11) is 3.36. The topological polar surface area (TPSA) is 54.8 Å². The van der Waals surface area contributed by atoms with Gasteiger partial charge >= 0.3 is 0 Å². The molecule has 1 aromatic carbocycles. The molecule has 1 saturated carbocycles. The number of hydrogen-bond donors (Lipinski definition) is 1. The van der Waals surface area contributed by atoms with Gasteiger partial charge < -0.3 is 14.6 Å². The van der Waals surface area contributed by atoms with E-state index >= 15 is 0 Å². The van der Waals surface area contributed by atoms with Gasteiger partial charge in [0.05, 0.1) is 19.9 Å². The molecule has 144 valence electrons. The van der Waals surface area contributed by atoms with Crippen LogP contribution in [-0.2, 0) is 12.1 Å². The first kappa shape index (κ1) is 18.3. The highest BCUT2D eigenvalue weighted by atomic mass is 16.5. The van der Waals surface area contributed by atoms with E-state index in [2.05, 4.69) is 16.0 Å². The summed E-state index contributed by atoms with van der Waals surface area (Å²) in [6, 6.07) is 11.9. The minimum Gasteiger partial charge on any atom is -0.497 e. The number of rotatable bonds is 5. The van der Waals surface area contributed by atoms with Gasteiger partial charge in [-0.3, -0.25) is 9.88 Å². The number of nitrogens with zero attached hydrogens (tertiary/aromatic N) is 2. The van der Waals surface area contributed by atoms with E-state index in [0.29, 0.717) is 0 Å². The molecule has 0 radical (unpaired) electrons. The van der Waals surface area contributed by atoms with Gasteiger partial charge in [0.2, 0.25) is 0 Å². The lowest BCUT2D eigenvalue weighted by Crippen LogP contribution is -2.58. The molecule has 2 heterocycles. The van der Waals surface area contributed by atoms with Gasteiger partial charge in [-0.05, 0) is 31.0 Å². The Balaban J connectivity index is 1.56. The van der Waals surface area contributed by atoms with Crippen LogP contribution in [0.2, 0.25) is 0 Å². The van der Waals surface area contributed by atoms with Crippen molar-refractivity contribution >= 4 is 0 Å². The Kier molecular flexibility index (Phi) is 5.06. The molecule has 2 fully saturated rings. The summed E-state index contributed by atoms with van der Waals surface area (Å²) in [5.74, 6) is 2.08. The molecule has 5 nitrogen and oxygen atoms in total. The average Bonchev–Trinajstić information content (AvgIpc) is 2.69. The molecule has 1 N–H and O–H groups in total. The predicted octanol–water partition coefficient (Wildman–Crippen LogP) is 3.22. The zero-order valence-electron chi connectivity index (χ0n) is 16.1. The number of hydrogen-bond acceptors (Lipinski definition) is 5. The quantitative estimate of drug-likeness (QED) is 0.878. The van der Waals surface area contributed by atoms with Crippen molar-refractivity contribution in [3.8, 4) is 11.5 Å². The van der Waals surface area contributed by atoms with Crippen LogP contribution in [0.25, 0.3) is 0 Å². The molecule has 5 heteroatoms. The zero-order valence-corrected chi connectivity index (χ0v) is 16.1. The summed E-state index contributed by atoms with van der Waals surface area (Å²) < 4.78 is 10.9. The standard InChI is InChI=1S/C22H28N2O3/c1-26-19-10-9-16(20(12-19)27-2)13-24-14-17-6-5-7-18(15-24)22(17,25)21-8-3-4-11-23-21/h3-4,8-12,17-18,25H,5-7,13-15H2,1-2H3/t17-,18+,22?. The van der Waals surface area contributed by atoms with Crippen LogP contribution in [-0.4, -0.2) is 42.3 Å². The maximum absolute atomic E-state index is 11.6.